The number of hydrogen-bond donors (Lipinski definition) is 2. The standard InChI is InChI=1S/C10H9F2NO2/c1-6(10(14)15)5-13-8-4-2-3-7(11)9(8)12/h2-4,13H,1,5H2,(H,14,15). The fraction of sp³-hybridized carbons (Fsp3) is 0.100. The zero-order valence-electron chi connectivity index (χ0n) is 7.76. The monoisotopic (exact) mass is 213 g/mol. The van der Waals surface area contributed by atoms with Crippen LogP contribution in [0.1, 0.15) is 0 Å². The fourth-order valence-electron chi connectivity index (χ4n) is 0.918. The predicted molar refractivity (Wildman–Crippen MR) is 51.6 cm³/mol. The molecule has 1 aromatic carbocycles. The lowest BCUT2D eigenvalue weighted by molar-refractivity contribution is -0.132. The molecule has 0 amide bonds. The van der Waals surface area contributed by atoms with E-state index >= 15 is 0 Å². The minimum Gasteiger partial charge on any atom is -0.478 e. The molecule has 0 spiro atoms. The molecule has 1 rings (SSSR count). The molecule has 0 saturated carbocycles. The number of rotatable bonds is 4. The maximum Gasteiger partial charge on any atom is 0.332 e. The number of carboxylic acid groups (broad SMARTS) is 1. The second kappa shape index (κ2) is 4.54. The Kier molecular flexibility index (Phi) is 3.38. The SMILES string of the molecule is C=C(CNc1cccc(F)c1F)C(=O)O. The molecule has 3 nitrogen and oxygen atoms in total. The van der Waals surface area contributed by atoms with Gasteiger partial charge in [0, 0.05) is 12.1 Å². The second-order valence-electron chi connectivity index (χ2n) is 2.86. The third kappa shape index (κ3) is 2.77. The van der Waals surface area contributed by atoms with E-state index < -0.39 is 17.6 Å². The first-order valence-corrected chi connectivity index (χ1v) is 4.11. The van der Waals surface area contributed by atoms with E-state index in [1.54, 1.807) is 0 Å². The van der Waals surface area contributed by atoms with Crippen molar-refractivity contribution in [3.63, 3.8) is 0 Å². The summed E-state index contributed by atoms with van der Waals surface area (Å²) in [7, 11) is 0. The van der Waals surface area contributed by atoms with Crippen molar-refractivity contribution in [1.82, 2.24) is 0 Å². The van der Waals surface area contributed by atoms with Crippen molar-refractivity contribution in [2.75, 3.05) is 11.9 Å². The van der Waals surface area contributed by atoms with Crippen LogP contribution in [0.4, 0.5) is 14.5 Å². The summed E-state index contributed by atoms with van der Waals surface area (Å²) >= 11 is 0. The molecule has 0 fully saturated rings. The third-order valence-electron chi connectivity index (χ3n) is 1.75. The number of nitrogens with one attached hydrogen (secondary N) is 1. The van der Waals surface area contributed by atoms with Gasteiger partial charge in [0.2, 0.25) is 0 Å². The molecule has 0 radical (unpaired) electrons. The molecule has 80 valence electrons. The zero-order chi connectivity index (χ0) is 11.4. The van der Waals surface area contributed by atoms with Crippen LogP contribution in [0, 0.1) is 11.6 Å². The lowest BCUT2D eigenvalue weighted by atomic mass is 10.2. The maximum absolute atomic E-state index is 13.0. The van der Waals surface area contributed by atoms with Crippen LogP contribution in [0.15, 0.2) is 30.4 Å². The molecule has 0 saturated heterocycles. The second-order valence-corrected chi connectivity index (χ2v) is 2.86. The van der Waals surface area contributed by atoms with Crippen LogP contribution in [0.2, 0.25) is 0 Å². The molecule has 2 N–H and O–H groups in total. The Balaban J connectivity index is 2.70. The number of anilines is 1. The predicted octanol–water partition coefficient (Wildman–Crippen LogP) is 2.02. The average Bonchev–Trinajstić information content (AvgIpc) is 2.19. The van der Waals surface area contributed by atoms with Crippen molar-refractivity contribution in [1.29, 1.82) is 0 Å². The molecular formula is C10H9F2NO2. The molecule has 0 aliphatic heterocycles. The Morgan fingerprint density at radius 3 is 2.73 bits per heavy atom. The van der Waals surface area contributed by atoms with Gasteiger partial charge in [-0.1, -0.05) is 12.6 Å². The van der Waals surface area contributed by atoms with Crippen molar-refractivity contribution in [3.05, 3.63) is 42.0 Å². The first kappa shape index (κ1) is 11.2. The lowest BCUT2D eigenvalue weighted by Gasteiger charge is -2.07. The van der Waals surface area contributed by atoms with Crippen molar-refractivity contribution in [3.8, 4) is 0 Å². The van der Waals surface area contributed by atoms with Crippen molar-refractivity contribution >= 4 is 11.7 Å². The summed E-state index contributed by atoms with van der Waals surface area (Å²) in [5.74, 6) is -3.20. The Morgan fingerprint density at radius 2 is 2.13 bits per heavy atom. The van der Waals surface area contributed by atoms with Crippen LogP contribution in [-0.4, -0.2) is 17.6 Å². The Bertz CT molecular complexity index is 404. The van der Waals surface area contributed by atoms with Gasteiger partial charge in [0.25, 0.3) is 0 Å². The van der Waals surface area contributed by atoms with Gasteiger partial charge in [-0.25, -0.2) is 13.6 Å². The average molecular weight is 213 g/mol. The summed E-state index contributed by atoms with van der Waals surface area (Å²) in [6, 6.07) is 3.62. The Hall–Kier alpha value is -1.91. The van der Waals surface area contributed by atoms with Crippen LogP contribution < -0.4 is 5.32 Å². The minimum atomic E-state index is -1.18. The van der Waals surface area contributed by atoms with Crippen LogP contribution in [0.3, 0.4) is 0 Å². The highest BCUT2D eigenvalue weighted by atomic mass is 19.2. The van der Waals surface area contributed by atoms with E-state index in [1.165, 1.54) is 12.1 Å². The van der Waals surface area contributed by atoms with Gasteiger partial charge in [0.15, 0.2) is 11.6 Å². The van der Waals surface area contributed by atoms with Crippen molar-refractivity contribution in [2.45, 2.75) is 0 Å². The van der Waals surface area contributed by atoms with Gasteiger partial charge in [0.05, 0.1) is 5.69 Å². The smallest absolute Gasteiger partial charge is 0.332 e. The maximum atomic E-state index is 13.0. The molecule has 0 aromatic heterocycles. The number of carbonyl (C=O) groups is 1. The van der Waals surface area contributed by atoms with Crippen LogP contribution in [0.25, 0.3) is 0 Å². The summed E-state index contributed by atoms with van der Waals surface area (Å²) in [6.07, 6.45) is 0. The van der Waals surface area contributed by atoms with E-state index in [2.05, 4.69) is 11.9 Å². The van der Waals surface area contributed by atoms with Gasteiger partial charge in [-0.05, 0) is 12.1 Å². The molecule has 0 unspecified atom stereocenters. The van der Waals surface area contributed by atoms with E-state index in [0.29, 0.717) is 0 Å². The summed E-state index contributed by atoms with van der Waals surface area (Å²) < 4.78 is 25.7. The quantitative estimate of drug-likeness (QED) is 0.752. The molecule has 0 heterocycles. The number of hydrogen-bond acceptors (Lipinski definition) is 2. The summed E-state index contributed by atoms with van der Waals surface area (Å²) in [5.41, 5.74) is -0.212. The third-order valence-corrected chi connectivity index (χ3v) is 1.75. The van der Waals surface area contributed by atoms with Gasteiger partial charge in [-0.15, -0.1) is 0 Å². The molecule has 5 heteroatoms. The Morgan fingerprint density at radius 1 is 1.47 bits per heavy atom. The van der Waals surface area contributed by atoms with Crippen molar-refractivity contribution in [2.24, 2.45) is 0 Å². The van der Waals surface area contributed by atoms with Gasteiger partial charge >= 0.3 is 5.97 Å². The van der Waals surface area contributed by atoms with Gasteiger partial charge < -0.3 is 10.4 Å². The van der Waals surface area contributed by atoms with E-state index in [9.17, 15) is 13.6 Å². The minimum absolute atomic E-state index is 0.0857. The number of aliphatic carboxylic acids is 1. The first-order chi connectivity index (χ1) is 7.02. The highest BCUT2D eigenvalue weighted by Gasteiger charge is 2.08. The highest BCUT2D eigenvalue weighted by Crippen LogP contribution is 2.16. The van der Waals surface area contributed by atoms with E-state index in [1.807, 2.05) is 0 Å². The largest absolute Gasteiger partial charge is 0.478 e. The zero-order valence-corrected chi connectivity index (χ0v) is 7.76. The first-order valence-electron chi connectivity index (χ1n) is 4.11. The molecule has 0 atom stereocenters. The number of carboxylic acids is 1. The summed E-state index contributed by atoms with van der Waals surface area (Å²) in [5, 5.41) is 10.9. The number of halogens is 2. The van der Waals surface area contributed by atoms with E-state index in [0.717, 1.165) is 6.07 Å². The summed E-state index contributed by atoms with van der Waals surface area (Å²) in [4.78, 5) is 10.4. The molecule has 1 aromatic rings. The topological polar surface area (TPSA) is 49.3 Å². The molecule has 0 aliphatic carbocycles. The van der Waals surface area contributed by atoms with E-state index in [-0.39, 0.29) is 17.8 Å². The molecule has 0 bridgehead atoms. The summed E-state index contributed by atoms with van der Waals surface area (Å²) in [6.45, 7) is 3.10. The van der Waals surface area contributed by atoms with Crippen molar-refractivity contribution < 1.29 is 18.7 Å². The molecule has 15 heavy (non-hydrogen) atoms. The number of benzene rings is 1. The van der Waals surface area contributed by atoms with Crippen LogP contribution in [-0.2, 0) is 4.79 Å². The lowest BCUT2D eigenvalue weighted by Crippen LogP contribution is -2.12. The normalized spacial score (nSPS) is 9.73. The van der Waals surface area contributed by atoms with E-state index in [4.69, 9.17) is 5.11 Å². The van der Waals surface area contributed by atoms with Crippen LogP contribution >= 0.6 is 0 Å². The van der Waals surface area contributed by atoms with Crippen LogP contribution in [0.5, 0.6) is 0 Å². The fourth-order valence-corrected chi connectivity index (χ4v) is 0.918. The molecular weight excluding hydrogens is 204 g/mol. The van der Waals surface area contributed by atoms with Gasteiger partial charge in [-0.3, -0.25) is 0 Å². The highest BCUT2D eigenvalue weighted by molar-refractivity contribution is 5.86. The van der Waals surface area contributed by atoms with Gasteiger partial charge in [-0.2, -0.15) is 0 Å². The Labute approximate surface area is 85.0 Å². The van der Waals surface area contributed by atoms with Gasteiger partial charge in [0.1, 0.15) is 0 Å². The molecule has 0 aliphatic rings.